The van der Waals surface area contributed by atoms with Crippen LogP contribution in [0.5, 0.6) is 0 Å². The fraction of sp³-hybridized carbons (Fsp3) is 1.00. The topological polar surface area (TPSA) is 21.3 Å². The second-order valence-electron chi connectivity index (χ2n) is 4.75. The Kier molecular flexibility index (Phi) is 8.96. The van der Waals surface area contributed by atoms with Crippen LogP contribution in [0.25, 0.3) is 0 Å². The Morgan fingerprint density at radius 3 is 2.00 bits per heavy atom. The molecular formula is C14H31NO. The summed E-state index contributed by atoms with van der Waals surface area (Å²) in [6.07, 6.45) is 5.14. The van der Waals surface area contributed by atoms with Crippen LogP contribution in [-0.4, -0.2) is 26.8 Å². The van der Waals surface area contributed by atoms with Gasteiger partial charge in [0.15, 0.2) is 0 Å². The van der Waals surface area contributed by atoms with Crippen LogP contribution in [0.1, 0.15) is 53.4 Å². The van der Waals surface area contributed by atoms with E-state index >= 15 is 0 Å². The molecule has 0 amide bonds. The third-order valence-corrected chi connectivity index (χ3v) is 4.22. The van der Waals surface area contributed by atoms with Gasteiger partial charge in [-0.2, -0.15) is 0 Å². The third-order valence-electron chi connectivity index (χ3n) is 4.22. The molecule has 0 bridgehead atoms. The Balaban J connectivity index is 4.30. The van der Waals surface area contributed by atoms with Gasteiger partial charge in [0.25, 0.3) is 0 Å². The molecular weight excluding hydrogens is 198 g/mol. The molecule has 0 aromatic carbocycles. The maximum Gasteiger partial charge on any atom is 0.0587 e. The van der Waals surface area contributed by atoms with Crippen LogP contribution < -0.4 is 5.32 Å². The SMILES string of the molecule is CCC(CC)C(CC)(CC)CNCCOC. The summed E-state index contributed by atoms with van der Waals surface area (Å²) >= 11 is 0. The molecule has 0 fully saturated rings. The van der Waals surface area contributed by atoms with Crippen LogP contribution >= 0.6 is 0 Å². The van der Waals surface area contributed by atoms with Crippen molar-refractivity contribution in [3.05, 3.63) is 0 Å². The molecule has 0 aromatic rings. The van der Waals surface area contributed by atoms with Crippen LogP contribution in [-0.2, 0) is 4.74 Å². The van der Waals surface area contributed by atoms with Crippen LogP contribution in [0.15, 0.2) is 0 Å². The van der Waals surface area contributed by atoms with E-state index in [4.69, 9.17) is 4.74 Å². The minimum Gasteiger partial charge on any atom is -0.383 e. The van der Waals surface area contributed by atoms with E-state index in [0.717, 1.165) is 25.6 Å². The number of nitrogens with one attached hydrogen (secondary N) is 1. The lowest BCUT2D eigenvalue weighted by molar-refractivity contribution is 0.122. The molecule has 16 heavy (non-hydrogen) atoms. The van der Waals surface area contributed by atoms with E-state index in [-0.39, 0.29) is 0 Å². The molecule has 0 spiro atoms. The van der Waals surface area contributed by atoms with Crippen molar-refractivity contribution in [3.8, 4) is 0 Å². The minimum atomic E-state index is 0.483. The second kappa shape index (κ2) is 9.00. The summed E-state index contributed by atoms with van der Waals surface area (Å²) in [5.74, 6) is 0.845. The molecule has 0 aromatic heterocycles. The van der Waals surface area contributed by atoms with E-state index < -0.39 is 0 Å². The first-order chi connectivity index (χ1) is 7.70. The molecule has 0 aliphatic rings. The van der Waals surface area contributed by atoms with E-state index in [0.29, 0.717) is 5.41 Å². The van der Waals surface area contributed by atoms with Gasteiger partial charge in [0.2, 0.25) is 0 Å². The van der Waals surface area contributed by atoms with Crippen molar-refractivity contribution >= 4 is 0 Å². The van der Waals surface area contributed by atoms with Gasteiger partial charge in [-0.05, 0) is 24.2 Å². The molecule has 0 radical (unpaired) electrons. The minimum absolute atomic E-state index is 0.483. The predicted molar refractivity (Wildman–Crippen MR) is 71.8 cm³/mol. The van der Waals surface area contributed by atoms with Crippen LogP contribution in [0.4, 0.5) is 0 Å². The van der Waals surface area contributed by atoms with Crippen molar-refractivity contribution in [2.75, 3.05) is 26.8 Å². The highest BCUT2D eigenvalue weighted by molar-refractivity contribution is 4.85. The van der Waals surface area contributed by atoms with Crippen molar-refractivity contribution < 1.29 is 4.74 Å². The average Bonchev–Trinajstić information content (AvgIpc) is 2.33. The molecule has 0 atom stereocenters. The summed E-state index contributed by atoms with van der Waals surface area (Å²) in [5.41, 5.74) is 0.483. The van der Waals surface area contributed by atoms with Gasteiger partial charge in [-0.25, -0.2) is 0 Å². The van der Waals surface area contributed by atoms with E-state index in [1.165, 1.54) is 25.7 Å². The van der Waals surface area contributed by atoms with Crippen molar-refractivity contribution in [1.29, 1.82) is 0 Å². The molecule has 98 valence electrons. The smallest absolute Gasteiger partial charge is 0.0587 e. The molecule has 0 aliphatic carbocycles. The highest BCUT2D eigenvalue weighted by Crippen LogP contribution is 2.38. The van der Waals surface area contributed by atoms with Gasteiger partial charge in [-0.3, -0.25) is 0 Å². The zero-order valence-electron chi connectivity index (χ0n) is 11.9. The van der Waals surface area contributed by atoms with Crippen molar-refractivity contribution in [2.24, 2.45) is 11.3 Å². The fourth-order valence-electron chi connectivity index (χ4n) is 2.89. The van der Waals surface area contributed by atoms with Gasteiger partial charge in [0.1, 0.15) is 0 Å². The number of hydrogen-bond acceptors (Lipinski definition) is 2. The van der Waals surface area contributed by atoms with Gasteiger partial charge in [0.05, 0.1) is 6.61 Å². The summed E-state index contributed by atoms with van der Waals surface area (Å²) in [6, 6.07) is 0. The standard InChI is InChI=1S/C14H31NO/c1-6-13(7-2)14(8-3,9-4)12-15-10-11-16-5/h13,15H,6-12H2,1-5H3. The van der Waals surface area contributed by atoms with Gasteiger partial charge < -0.3 is 10.1 Å². The maximum atomic E-state index is 5.07. The third kappa shape index (κ3) is 4.42. The lowest BCUT2D eigenvalue weighted by Crippen LogP contribution is -2.40. The number of methoxy groups -OCH3 is 1. The highest BCUT2D eigenvalue weighted by atomic mass is 16.5. The van der Waals surface area contributed by atoms with Crippen molar-refractivity contribution in [2.45, 2.75) is 53.4 Å². The number of rotatable bonds is 10. The first-order valence-electron chi connectivity index (χ1n) is 6.90. The van der Waals surface area contributed by atoms with E-state index in [2.05, 4.69) is 33.0 Å². The van der Waals surface area contributed by atoms with E-state index in [1.54, 1.807) is 7.11 Å². The first kappa shape index (κ1) is 15.9. The second-order valence-corrected chi connectivity index (χ2v) is 4.75. The molecule has 0 heterocycles. The molecule has 2 heteroatoms. The average molecular weight is 229 g/mol. The summed E-state index contributed by atoms with van der Waals surface area (Å²) in [7, 11) is 1.76. The molecule has 1 N–H and O–H groups in total. The van der Waals surface area contributed by atoms with Crippen LogP contribution in [0, 0.1) is 11.3 Å². The normalized spacial score (nSPS) is 12.4. The van der Waals surface area contributed by atoms with Gasteiger partial charge in [0, 0.05) is 20.2 Å². The zero-order valence-corrected chi connectivity index (χ0v) is 11.9. The van der Waals surface area contributed by atoms with Gasteiger partial charge in [-0.15, -0.1) is 0 Å². The maximum absolute atomic E-state index is 5.07. The van der Waals surface area contributed by atoms with Gasteiger partial charge >= 0.3 is 0 Å². The van der Waals surface area contributed by atoms with Gasteiger partial charge in [-0.1, -0.05) is 40.5 Å². The Morgan fingerprint density at radius 2 is 1.62 bits per heavy atom. The number of hydrogen-bond donors (Lipinski definition) is 1. The molecule has 0 unspecified atom stereocenters. The first-order valence-corrected chi connectivity index (χ1v) is 6.90. The fourth-order valence-corrected chi connectivity index (χ4v) is 2.89. The summed E-state index contributed by atoms with van der Waals surface area (Å²) in [5, 5.41) is 3.55. The zero-order chi connectivity index (χ0) is 12.4. The molecule has 0 saturated carbocycles. The molecule has 0 aliphatic heterocycles. The van der Waals surface area contributed by atoms with Crippen LogP contribution in [0.2, 0.25) is 0 Å². The lowest BCUT2D eigenvalue weighted by atomic mass is 9.69. The van der Waals surface area contributed by atoms with E-state index in [9.17, 15) is 0 Å². The largest absolute Gasteiger partial charge is 0.383 e. The molecule has 0 saturated heterocycles. The molecule has 0 rings (SSSR count). The summed E-state index contributed by atoms with van der Waals surface area (Å²) in [4.78, 5) is 0. The number of ether oxygens (including phenoxy) is 1. The van der Waals surface area contributed by atoms with Crippen molar-refractivity contribution in [3.63, 3.8) is 0 Å². The highest BCUT2D eigenvalue weighted by Gasteiger charge is 2.32. The van der Waals surface area contributed by atoms with Crippen molar-refractivity contribution in [1.82, 2.24) is 5.32 Å². The summed E-state index contributed by atoms with van der Waals surface area (Å²) in [6.45, 7) is 12.2. The Labute approximate surface area is 102 Å². The summed E-state index contributed by atoms with van der Waals surface area (Å²) < 4.78 is 5.07. The monoisotopic (exact) mass is 229 g/mol. The molecule has 2 nitrogen and oxygen atoms in total. The lowest BCUT2D eigenvalue weighted by Gasteiger charge is -2.39. The Hall–Kier alpha value is -0.0800. The van der Waals surface area contributed by atoms with E-state index in [1.807, 2.05) is 0 Å². The Bertz CT molecular complexity index is 151. The van der Waals surface area contributed by atoms with Crippen LogP contribution in [0.3, 0.4) is 0 Å². The predicted octanol–water partition coefficient (Wildman–Crippen LogP) is 3.47. The quantitative estimate of drug-likeness (QED) is 0.579. The Morgan fingerprint density at radius 1 is 1.06 bits per heavy atom.